The molecule has 1 N–H and O–H groups in total. The van der Waals surface area contributed by atoms with Gasteiger partial charge in [-0.15, -0.1) is 0 Å². The van der Waals surface area contributed by atoms with Crippen molar-refractivity contribution in [3.63, 3.8) is 0 Å². The molecule has 0 heterocycles. The predicted molar refractivity (Wildman–Crippen MR) is 60.7 cm³/mol. The van der Waals surface area contributed by atoms with Crippen molar-refractivity contribution in [3.05, 3.63) is 38.3 Å². The maximum absolute atomic E-state index is 10.5. The van der Waals surface area contributed by atoms with Crippen molar-refractivity contribution in [1.29, 1.82) is 0 Å². The lowest BCUT2D eigenvalue weighted by molar-refractivity contribution is -0.483. The Bertz CT molecular complexity index is 368. The van der Waals surface area contributed by atoms with Crippen LogP contribution in [0.15, 0.2) is 22.7 Å². The summed E-state index contributed by atoms with van der Waals surface area (Å²) in [5.74, 6) is -0.121. The Morgan fingerprint density at radius 1 is 1.60 bits per heavy atom. The Morgan fingerprint density at radius 2 is 2.27 bits per heavy atom. The fourth-order valence-electron chi connectivity index (χ4n) is 1.48. The molecule has 0 saturated heterocycles. The maximum Gasteiger partial charge on any atom is 0.210 e. The molecule has 0 radical (unpaired) electrons. The van der Waals surface area contributed by atoms with Gasteiger partial charge in [-0.25, -0.2) is 0 Å². The first-order valence-corrected chi connectivity index (χ1v) is 5.44. The Balaban J connectivity index is 3.00. The van der Waals surface area contributed by atoms with E-state index in [0.29, 0.717) is 12.0 Å². The summed E-state index contributed by atoms with van der Waals surface area (Å²) >= 11 is 3.28. The minimum absolute atomic E-state index is 0.118. The summed E-state index contributed by atoms with van der Waals surface area (Å²) in [6.07, 6.45) is 0.630. The molecule has 5 heteroatoms. The van der Waals surface area contributed by atoms with Gasteiger partial charge in [-0.05, 0) is 24.6 Å². The van der Waals surface area contributed by atoms with Crippen LogP contribution < -0.4 is 0 Å². The van der Waals surface area contributed by atoms with E-state index in [2.05, 4.69) is 15.9 Å². The monoisotopic (exact) mass is 273 g/mol. The van der Waals surface area contributed by atoms with Gasteiger partial charge in [-0.1, -0.05) is 22.9 Å². The Hall–Kier alpha value is -1.10. The Labute approximate surface area is 96.2 Å². The van der Waals surface area contributed by atoms with Crippen LogP contribution in [0.25, 0.3) is 0 Å². The van der Waals surface area contributed by atoms with E-state index >= 15 is 0 Å². The van der Waals surface area contributed by atoms with Crippen LogP contribution >= 0.6 is 15.9 Å². The van der Waals surface area contributed by atoms with Crippen LogP contribution in [-0.2, 0) is 0 Å². The number of nitrogens with zero attached hydrogens (tertiary/aromatic N) is 1. The maximum atomic E-state index is 10.5. The molecule has 1 aromatic carbocycles. The van der Waals surface area contributed by atoms with Gasteiger partial charge in [0.2, 0.25) is 6.54 Å². The quantitative estimate of drug-likeness (QED) is 0.678. The summed E-state index contributed by atoms with van der Waals surface area (Å²) in [6, 6.07) is 4.98. The molecule has 15 heavy (non-hydrogen) atoms. The van der Waals surface area contributed by atoms with Crippen LogP contribution in [0.4, 0.5) is 0 Å². The molecule has 0 aliphatic rings. The number of phenols is 1. The van der Waals surface area contributed by atoms with Gasteiger partial charge < -0.3 is 5.11 Å². The van der Waals surface area contributed by atoms with E-state index in [9.17, 15) is 15.2 Å². The van der Waals surface area contributed by atoms with Crippen LogP contribution in [0.2, 0.25) is 0 Å². The molecule has 0 unspecified atom stereocenters. The zero-order valence-electron chi connectivity index (χ0n) is 8.31. The number of nitro groups is 1. The lowest BCUT2D eigenvalue weighted by Crippen LogP contribution is -2.11. The molecule has 0 bridgehead atoms. The molecule has 1 rings (SSSR count). The van der Waals surface area contributed by atoms with E-state index < -0.39 is 0 Å². The van der Waals surface area contributed by atoms with Gasteiger partial charge in [0.05, 0.1) is 5.92 Å². The Morgan fingerprint density at radius 3 is 2.80 bits per heavy atom. The summed E-state index contributed by atoms with van der Waals surface area (Å²) < 4.78 is 0.817. The van der Waals surface area contributed by atoms with E-state index in [1.165, 1.54) is 0 Å². The number of halogens is 1. The van der Waals surface area contributed by atoms with Crippen LogP contribution in [0.5, 0.6) is 5.75 Å². The third-order valence-corrected chi connectivity index (χ3v) is 2.78. The van der Waals surface area contributed by atoms with E-state index in [1.807, 2.05) is 6.92 Å². The van der Waals surface area contributed by atoms with Crippen molar-refractivity contribution in [3.8, 4) is 5.75 Å². The second-order valence-electron chi connectivity index (χ2n) is 3.32. The molecular formula is C10H12BrNO3. The number of benzene rings is 1. The molecule has 0 aliphatic heterocycles. The van der Waals surface area contributed by atoms with Gasteiger partial charge in [0.25, 0.3) is 0 Å². The largest absolute Gasteiger partial charge is 0.508 e. The fourth-order valence-corrected chi connectivity index (χ4v) is 1.86. The van der Waals surface area contributed by atoms with Crippen molar-refractivity contribution >= 4 is 15.9 Å². The van der Waals surface area contributed by atoms with Gasteiger partial charge in [-0.3, -0.25) is 10.1 Å². The fraction of sp³-hybridized carbons (Fsp3) is 0.400. The van der Waals surface area contributed by atoms with Crippen molar-refractivity contribution in [2.45, 2.75) is 19.3 Å². The van der Waals surface area contributed by atoms with Gasteiger partial charge in [-0.2, -0.15) is 0 Å². The summed E-state index contributed by atoms with van der Waals surface area (Å²) in [7, 11) is 0. The summed E-state index contributed by atoms with van der Waals surface area (Å²) in [6.45, 7) is 1.72. The Kier molecular flexibility index (Phi) is 4.08. The number of hydrogen-bond acceptors (Lipinski definition) is 3. The topological polar surface area (TPSA) is 63.4 Å². The lowest BCUT2D eigenvalue weighted by atomic mass is 9.96. The van der Waals surface area contributed by atoms with Crippen LogP contribution in [0.3, 0.4) is 0 Å². The highest BCUT2D eigenvalue weighted by Gasteiger charge is 2.19. The molecule has 1 atom stereocenters. The number of rotatable bonds is 4. The average molecular weight is 274 g/mol. The molecule has 82 valence electrons. The molecule has 0 aromatic heterocycles. The standard InChI is InChI=1S/C10H12BrNO3/c1-2-7(6-12(14)15)9-5-8(11)3-4-10(9)13/h3-5,7,13H,2,6H2,1H3/t7-/m1/s1. The molecule has 1 aromatic rings. The summed E-state index contributed by atoms with van der Waals surface area (Å²) in [4.78, 5) is 10.1. The minimum Gasteiger partial charge on any atom is -0.508 e. The lowest BCUT2D eigenvalue weighted by Gasteiger charge is -2.12. The smallest absolute Gasteiger partial charge is 0.210 e. The van der Waals surface area contributed by atoms with E-state index in [0.717, 1.165) is 4.47 Å². The third-order valence-electron chi connectivity index (χ3n) is 2.29. The van der Waals surface area contributed by atoms with E-state index in [-0.39, 0.29) is 23.1 Å². The van der Waals surface area contributed by atoms with E-state index in [1.54, 1.807) is 18.2 Å². The molecular weight excluding hydrogens is 262 g/mol. The first-order chi connectivity index (χ1) is 7.04. The van der Waals surface area contributed by atoms with Crippen LogP contribution in [-0.4, -0.2) is 16.6 Å². The minimum atomic E-state index is -0.353. The van der Waals surface area contributed by atoms with Gasteiger partial charge >= 0.3 is 0 Å². The molecule has 0 saturated carbocycles. The van der Waals surface area contributed by atoms with Gasteiger partial charge in [0.15, 0.2) is 0 Å². The normalized spacial score (nSPS) is 12.4. The summed E-state index contributed by atoms with van der Waals surface area (Å²) in [5.41, 5.74) is 0.628. The molecule has 4 nitrogen and oxygen atoms in total. The summed E-state index contributed by atoms with van der Waals surface area (Å²) in [5, 5.41) is 20.1. The highest BCUT2D eigenvalue weighted by Crippen LogP contribution is 2.30. The molecule has 0 amide bonds. The number of aromatic hydroxyl groups is 1. The second kappa shape index (κ2) is 5.11. The molecule has 0 aliphatic carbocycles. The van der Waals surface area contributed by atoms with Crippen molar-refractivity contribution in [2.75, 3.05) is 6.54 Å². The number of hydrogen-bond donors (Lipinski definition) is 1. The first kappa shape index (κ1) is 12.0. The zero-order valence-corrected chi connectivity index (χ0v) is 9.90. The first-order valence-electron chi connectivity index (χ1n) is 4.64. The van der Waals surface area contributed by atoms with Crippen LogP contribution in [0.1, 0.15) is 24.8 Å². The highest BCUT2D eigenvalue weighted by molar-refractivity contribution is 9.10. The van der Waals surface area contributed by atoms with Gasteiger partial charge in [0, 0.05) is 15.0 Å². The highest BCUT2D eigenvalue weighted by atomic mass is 79.9. The number of phenolic OH excluding ortho intramolecular Hbond substituents is 1. The van der Waals surface area contributed by atoms with E-state index in [4.69, 9.17) is 0 Å². The average Bonchev–Trinajstić information content (AvgIpc) is 2.18. The molecule has 0 fully saturated rings. The van der Waals surface area contributed by atoms with Crippen molar-refractivity contribution in [1.82, 2.24) is 0 Å². The second-order valence-corrected chi connectivity index (χ2v) is 4.24. The SMILES string of the molecule is CC[C@H](C[N+](=O)[O-])c1cc(Br)ccc1O. The van der Waals surface area contributed by atoms with Gasteiger partial charge in [0.1, 0.15) is 5.75 Å². The predicted octanol–water partition coefficient (Wildman–Crippen LogP) is 2.93. The van der Waals surface area contributed by atoms with Crippen molar-refractivity contribution in [2.24, 2.45) is 0 Å². The van der Waals surface area contributed by atoms with Crippen molar-refractivity contribution < 1.29 is 10.0 Å². The molecule has 0 spiro atoms. The zero-order chi connectivity index (χ0) is 11.4. The van der Waals surface area contributed by atoms with Crippen LogP contribution in [0, 0.1) is 10.1 Å². The third kappa shape index (κ3) is 3.20.